The van der Waals surface area contributed by atoms with Crippen LogP contribution in [0.1, 0.15) is 36.1 Å². The van der Waals surface area contributed by atoms with Gasteiger partial charge in [-0.3, -0.25) is 9.78 Å². The number of pyridine rings is 1. The normalized spacial score (nSPS) is 12.7. The Morgan fingerprint density at radius 1 is 1.17 bits per heavy atom. The first-order chi connectivity index (χ1) is 13.7. The van der Waals surface area contributed by atoms with Gasteiger partial charge in [-0.15, -0.1) is 0 Å². The fourth-order valence-corrected chi connectivity index (χ4v) is 3.47. The molecule has 1 amide bonds. The van der Waals surface area contributed by atoms with E-state index in [0.717, 1.165) is 11.8 Å². The Morgan fingerprint density at radius 2 is 1.86 bits per heavy atom. The molecule has 0 saturated carbocycles. The third-order valence-corrected chi connectivity index (χ3v) is 5.65. The van der Waals surface area contributed by atoms with Gasteiger partial charge in [-0.05, 0) is 36.2 Å². The molecule has 1 N–H and O–H groups in total. The molecule has 2 heterocycles. The Kier molecular flexibility index (Phi) is 5.99. The summed E-state index contributed by atoms with van der Waals surface area (Å²) >= 11 is 6.12. The summed E-state index contributed by atoms with van der Waals surface area (Å²) < 4.78 is 29.0. The molecule has 0 fully saturated rings. The second-order valence-electron chi connectivity index (χ2n) is 6.80. The highest BCUT2D eigenvalue weighted by atomic mass is 35.5. The van der Waals surface area contributed by atoms with Crippen molar-refractivity contribution in [3.63, 3.8) is 0 Å². The van der Waals surface area contributed by atoms with Crippen molar-refractivity contribution in [2.75, 3.05) is 6.26 Å². The Hall–Kier alpha value is -2.78. The fourth-order valence-electron chi connectivity index (χ4n) is 2.62. The maximum absolute atomic E-state index is 12.8. The third kappa shape index (κ3) is 4.80. The van der Waals surface area contributed by atoms with Crippen LogP contribution < -0.4 is 5.32 Å². The number of rotatable bonds is 6. The molecule has 0 bridgehead atoms. The summed E-state index contributed by atoms with van der Waals surface area (Å²) in [7, 11) is -3.48. The molecule has 0 aliphatic heterocycles. The molecule has 0 radical (unpaired) electrons. The van der Waals surface area contributed by atoms with Gasteiger partial charge < -0.3 is 9.84 Å². The number of carbonyl (C=O) groups is 1. The van der Waals surface area contributed by atoms with Crippen LogP contribution in [-0.4, -0.2) is 35.7 Å². The average Bonchev–Trinajstić information content (AvgIpc) is 3.15. The highest BCUT2D eigenvalue weighted by molar-refractivity contribution is 7.90. The highest BCUT2D eigenvalue weighted by Gasteiger charge is 2.26. The van der Waals surface area contributed by atoms with E-state index in [1.165, 1.54) is 18.2 Å². The minimum absolute atomic E-state index is 0.00547. The topological polar surface area (TPSA) is 115 Å². The van der Waals surface area contributed by atoms with Crippen LogP contribution in [0.4, 0.5) is 0 Å². The van der Waals surface area contributed by atoms with Crippen LogP contribution in [-0.2, 0) is 9.84 Å². The summed E-state index contributed by atoms with van der Waals surface area (Å²) in [6, 6.07) is 6.88. The molecule has 0 spiro atoms. The van der Waals surface area contributed by atoms with Gasteiger partial charge in [-0.1, -0.05) is 30.6 Å². The monoisotopic (exact) mass is 434 g/mol. The van der Waals surface area contributed by atoms with Crippen molar-refractivity contribution in [3.8, 4) is 11.4 Å². The van der Waals surface area contributed by atoms with Crippen LogP contribution in [0, 0.1) is 5.92 Å². The predicted molar refractivity (Wildman–Crippen MR) is 107 cm³/mol. The summed E-state index contributed by atoms with van der Waals surface area (Å²) in [5.41, 5.74) is 0.779. The average molecular weight is 435 g/mol. The van der Waals surface area contributed by atoms with Crippen LogP contribution in [0.25, 0.3) is 11.4 Å². The van der Waals surface area contributed by atoms with E-state index in [4.69, 9.17) is 16.1 Å². The van der Waals surface area contributed by atoms with Crippen LogP contribution in [0.15, 0.2) is 52.1 Å². The zero-order valence-electron chi connectivity index (χ0n) is 16.0. The van der Waals surface area contributed by atoms with Gasteiger partial charge >= 0.3 is 0 Å². The SMILES string of the molecule is CC(C)C(NC(=O)c1cc(S(C)(=O)=O)ccc1Cl)c1nc(-c2ccncc2)no1. The van der Waals surface area contributed by atoms with E-state index >= 15 is 0 Å². The molecule has 3 aromatic rings. The molecule has 1 unspecified atom stereocenters. The first kappa shape index (κ1) is 20.9. The number of hydrogen-bond donors (Lipinski definition) is 1. The fraction of sp³-hybridized carbons (Fsp3) is 0.263. The lowest BCUT2D eigenvalue weighted by atomic mass is 10.0. The number of nitrogens with one attached hydrogen (secondary N) is 1. The molecule has 0 aliphatic rings. The minimum Gasteiger partial charge on any atom is -0.340 e. The molecule has 0 aliphatic carbocycles. The van der Waals surface area contributed by atoms with Crippen molar-refractivity contribution in [1.29, 1.82) is 0 Å². The third-order valence-electron chi connectivity index (χ3n) is 4.21. The molecule has 1 atom stereocenters. The molecule has 29 heavy (non-hydrogen) atoms. The molecule has 8 nitrogen and oxygen atoms in total. The Balaban J connectivity index is 1.89. The Morgan fingerprint density at radius 3 is 2.48 bits per heavy atom. The summed E-state index contributed by atoms with van der Waals surface area (Å²) in [5, 5.41) is 6.91. The molecule has 1 aromatic carbocycles. The molecule has 0 saturated heterocycles. The largest absolute Gasteiger partial charge is 0.340 e. The van der Waals surface area contributed by atoms with E-state index in [9.17, 15) is 13.2 Å². The first-order valence-electron chi connectivity index (χ1n) is 8.71. The maximum atomic E-state index is 12.8. The first-order valence-corrected chi connectivity index (χ1v) is 11.0. The number of amides is 1. The van der Waals surface area contributed by atoms with Gasteiger partial charge in [0, 0.05) is 24.2 Å². The number of benzene rings is 1. The Labute approximate surface area is 173 Å². The molecule has 2 aromatic heterocycles. The van der Waals surface area contributed by atoms with Gasteiger partial charge in [0.25, 0.3) is 5.91 Å². The zero-order chi connectivity index (χ0) is 21.2. The minimum atomic E-state index is -3.48. The van der Waals surface area contributed by atoms with E-state index in [-0.39, 0.29) is 27.3 Å². The molecular weight excluding hydrogens is 416 g/mol. The summed E-state index contributed by atoms with van der Waals surface area (Å²) in [6.07, 6.45) is 4.29. The quantitative estimate of drug-likeness (QED) is 0.632. The van der Waals surface area contributed by atoms with Crippen molar-refractivity contribution in [1.82, 2.24) is 20.4 Å². The van der Waals surface area contributed by atoms with E-state index in [2.05, 4.69) is 20.4 Å². The smallest absolute Gasteiger partial charge is 0.253 e. The lowest BCUT2D eigenvalue weighted by Gasteiger charge is -2.19. The molecular formula is C19H19ClN4O4S. The van der Waals surface area contributed by atoms with E-state index in [1.807, 2.05) is 13.8 Å². The van der Waals surface area contributed by atoms with Gasteiger partial charge in [0.2, 0.25) is 11.7 Å². The van der Waals surface area contributed by atoms with Crippen LogP contribution in [0.3, 0.4) is 0 Å². The van der Waals surface area contributed by atoms with E-state index < -0.39 is 21.8 Å². The van der Waals surface area contributed by atoms with Gasteiger partial charge in [0.1, 0.15) is 6.04 Å². The van der Waals surface area contributed by atoms with Crippen molar-refractivity contribution in [3.05, 3.63) is 59.2 Å². The second kappa shape index (κ2) is 8.30. The van der Waals surface area contributed by atoms with Crippen molar-refractivity contribution >= 4 is 27.3 Å². The molecule has 152 valence electrons. The number of nitrogens with zero attached hydrogens (tertiary/aromatic N) is 3. The van der Waals surface area contributed by atoms with Gasteiger partial charge in [-0.2, -0.15) is 4.98 Å². The van der Waals surface area contributed by atoms with Crippen molar-refractivity contribution in [2.24, 2.45) is 5.92 Å². The lowest BCUT2D eigenvalue weighted by Crippen LogP contribution is -2.32. The van der Waals surface area contributed by atoms with Crippen molar-refractivity contribution in [2.45, 2.75) is 24.8 Å². The summed E-state index contributed by atoms with van der Waals surface area (Å²) in [5.74, 6) is -0.0145. The predicted octanol–water partition coefficient (Wildman–Crippen LogP) is 3.32. The number of carbonyl (C=O) groups excluding carboxylic acids is 1. The second-order valence-corrected chi connectivity index (χ2v) is 9.22. The van der Waals surface area contributed by atoms with Crippen LogP contribution in [0.2, 0.25) is 5.02 Å². The number of aromatic nitrogens is 3. The summed E-state index contributed by atoms with van der Waals surface area (Å²) in [6.45, 7) is 3.77. The van der Waals surface area contributed by atoms with Gasteiger partial charge in [-0.25, -0.2) is 8.42 Å². The molecule has 3 rings (SSSR count). The standard InChI is InChI=1S/C19H19ClN4O4S/c1-11(2)16(19-23-17(24-28-19)12-6-8-21-9-7-12)22-18(25)14-10-13(29(3,26)27)4-5-15(14)20/h4-11,16H,1-3H3,(H,22,25). The number of hydrogen-bond acceptors (Lipinski definition) is 7. The lowest BCUT2D eigenvalue weighted by molar-refractivity contribution is 0.0914. The highest BCUT2D eigenvalue weighted by Crippen LogP contribution is 2.26. The maximum Gasteiger partial charge on any atom is 0.253 e. The van der Waals surface area contributed by atoms with Gasteiger partial charge in [0.05, 0.1) is 15.5 Å². The molecule has 10 heteroatoms. The van der Waals surface area contributed by atoms with E-state index in [1.54, 1.807) is 24.5 Å². The van der Waals surface area contributed by atoms with Crippen LogP contribution >= 0.6 is 11.6 Å². The zero-order valence-corrected chi connectivity index (χ0v) is 17.5. The number of halogens is 1. The number of sulfone groups is 1. The van der Waals surface area contributed by atoms with Gasteiger partial charge in [0.15, 0.2) is 9.84 Å². The van der Waals surface area contributed by atoms with Crippen LogP contribution in [0.5, 0.6) is 0 Å². The Bertz CT molecular complexity index is 1130. The summed E-state index contributed by atoms with van der Waals surface area (Å²) in [4.78, 5) is 21.2. The van der Waals surface area contributed by atoms with Crippen molar-refractivity contribution < 1.29 is 17.7 Å². The van der Waals surface area contributed by atoms with E-state index in [0.29, 0.717) is 5.82 Å².